The Morgan fingerprint density at radius 1 is 1.61 bits per heavy atom. The quantitative estimate of drug-likeness (QED) is 0.372. The van der Waals surface area contributed by atoms with Crippen LogP contribution in [-0.2, 0) is 0 Å². The van der Waals surface area contributed by atoms with Crippen LogP contribution in [0, 0.1) is 0 Å². The maximum Gasteiger partial charge on any atom is 0.257 e. The fraction of sp³-hybridized carbons (Fsp3) is 0.273. The van der Waals surface area contributed by atoms with E-state index in [1.54, 1.807) is 18.2 Å². The first-order chi connectivity index (χ1) is 8.49. The maximum absolute atomic E-state index is 12.1. The van der Waals surface area contributed by atoms with Crippen LogP contribution in [0.4, 0.5) is 0 Å². The minimum absolute atomic E-state index is 0.0150. The van der Waals surface area contributed by atoms with Gasteiger partial charge in [-0.05, 0) is 18.2 Å². The summed E-state index contributed by atoms with van der Waals surface area (Å²) in [6.07, 6.45) is 0. The summed E-state index contributed by atoms with van der Waals surface area (Å²) in [5, 5.41) is 11.7. The second-order valence-corrected chi connectivity index (χ2v) is 4.03. The van der Waals surface area contributed by atoms with Gasteiger partial charge in [0.1, 0.15) is 5.75 Å². The van der Waals surface area contributed by atoms with E-state index in [9.17, 15) is 4.79 Å². The number of amides is 1. The molecule has 0 fully saturated rings. The molecule has 0 saturated heterocycles. The van der Waals surface area contributed by atoms with Crippen LogP contribution >= 0.6 is 11.6 Å². The molecule has 0 atom stereocenters. The molecule has 0 aliphatic rings. The van der Waals surface area contributed by atoms with Gasteiger partial charge in [-0.15, -0.1) is 0 Å². The van der Waals surface area contributed by atoms with E-state index in [4.69, 9.17) is 27.3 Å². The lowest BCUT2D eigenvalue weighted by atomic mass is 10.1. The Hall–Kier alpha value is -1.95. The van der Waals surface area contributed by atoms with E-state index < -0.39 is 0 Å². The Labute approximate surface area is 110 Å². The second-order valence-electron chi connectivity index (χ2n) is 3.60. The molecule has 1 aromatic carbocycles. The normalized spacial score (nSPS) is 11.2. The van der Waals surface area contributed by atoms with E-state index in [1.165, 1.54) is 19.1 Å². The van der Waals surface area contributed by atoms with E-state index in [0.29, 0.717) is 16.3 Å². The zero-order valence-corrected chi connectivity index (χ0v) is 10.8. The summed E-state index contributed by atoms with van der Waals surface area (Å²) in [6.45, 7) is 0.0150. The van der Waals surface area contributed by atoms with E-state index in [2.05, 4.69) is 5.16 Å². The second kappa shape index (κ2) is 6.11. The number of carbonyl (C=O) groups is 1. The van der Waals surface area contributed by atoms with Gasteiger partial charge < -0.3 is 20.6 Å². The highest BCUT2D eigenvalue weighted by Gasteiger charge is 2.17. The number of carbonyl (C=O) groups excluding carboxylic acids is 1. The highest BCUT2D eigenvalue weighted by Crippen LogP contribution is 2.24. The molecule has 18 heavy (non-hydrogen) atoms. The topological polar surface area (TPSA) is 88.2 Å². The number of ether oxygens (including phenoxy) is 1. The molecule has 0 spiro atoms. The van der Waals surface area contributed by atoms with Crippen LogP contribution in [0.3, 0.4) is 0 Å². The summed E-state index contributed by atoms with van der Waals surface area (Å²) in [7, 11) is 2.99. The van der Waals surface area contributed by atoms with Gasteiger partial charge in [0.25, 0.3) is 5.91 Å². The number of hydrogen-bond donors (Lipinski definition) is 2. The highest BCUT2D eigenvalue weighted by molar-refractivity contribution is 6.30. The lowest BCUT2D eigenvalue weighted by Crippen LogP contribution is -2.35. The van der Waals surface area contributed by atoms with Crippen LogP contribution in [0.25, 0.3) is 0 Å². The molecule has 0 radical (unpaired) electrons. The van der Waals surface area contributed by atoms with Gasteiger partial charge in [0, 0.05) is 12.1 Å². The van der Waals surface area contributed by atoms with Gasteiger partial charge >= 0.3 is 0 Å². The number of nitrogens with two attached hydrogens (primary N) is 1. The number of methoxy groups -OCH3 is 1. The average Bonchev–Trinajstić information content (AvgIpc) is 2.37. The first-order valence-corrected chi connectivity index (χ1v) is 5.42. The Kier molecular flexibility index (Phi) is 4.79. The summed E-state index contributed by atoms with van der Waals surface area (Å²) >= 11 is 5.81. The van der Waals surface area contributed by atoms with Crippen molar-refractivity contribution >= 4 is 23.3 Å². The van der Waals surface area contributed by atoms with Crippen molar-refractivity contribution in [1.82, 2.24) is 4.90 Å². The fourth-order valence-electron chi connectivity index (χ4n) is 1.39. The van der Waals surface area contributed by atoms with Crippen molar-refractivity contribution in [2.45, 2.75) is 0 Å². The summed E-state index contributed by atoms with van der Waals surface area (Å²) in [5.41, 5.74) is 5.69. The van der Waals surface area contributed by atoms with Gasteiger partial charge in [-0.25, -0.2) is 0 Å². The summed E-state index contributed by atoms with van der Waals surface area (Å²) in [4.78, 5) is 13.4. The Balaban J connectivity index is 2.96. The smallest absolute Gasteiger partial charge is 0.257 e. The van der Waals surface area contributed by atoms with Crippen LogP contribution in [-0.4, -0.2) is 42.6 Å². The Morgan fingerprint density at radius 2 is 2.28 bits per heavy atom. The molecule has 0 aliphatic carbocycles. The van der Waals surface area contributed by atoms with Gasteiger partial charge in [0.05, 0.1) is 19.2 Å². The third kappa shape index (κ3) is 3.27. The number of benzene rings is 1. The van der Waals surface area contributed by atoms with Crippen molar-refractivity contribution in [2.75, 3.05) is 20.7 Å². The number of hydrogen-bond acceptors (Lipinski definition) is 4. The molecular formula is C11H14ClN3O3. The minimum atomic E-state index is -0.310. The van der Waals surface area contributed by atoms with Gasteiger partial charge in [0.2, 0.25) is 0 Å². The van der Waals surface area contributed by atoms with E-state index in [0.717, 1.165) is 0 Å². The van der Waals surface area contributed by atoms with E-state index in [1.807, 2.05) is 0 Å². The average molecular weight is 272 g/mol. The number of nitrogens with zero attached hydrogens (tertiary/aromatic N) is 2. The van der Waals surface area contributed by atoms with E-state index in [-0.39, 0.29) is 18.3 Å². The predicted octanol–water partition coefficient (Wildman–Crippen LogP) is 1.17. The third-order valence-corrected chi connectivity index (χ3v) is 2.50. The molecule has 3 N–H and O–H groups in total. The number of rotatable bonds is 4. The summed E-state index contributed by atoms with van der Waals surface area (Å²) in [5.74, 6) is 0.00718. The van der Waals surface area contributed by atoms with Gasteiger partial charge in [-0.1, -0.05) is 16.8 Å². The molecule has 98 valence electrons. The standard InChI is InChI=1S/C11H14ClN3O3/c1-15(6-10(13)14-17)11(16)8-4-3-7(12)5-9(8)18-2/h3-5,17H,6H2,1-2H3,(H2,13,14). The Morgan fingerprint density at radius 3 is 2.83 bits per heavy atom. The number of amidine groups is 1. The van der Waals surface area contributed by atoms with Crippen molar-refractivity contribution in [3.8, 4) is 5.75 Å². The summed E-state index contributed by atoms with van der Waals surface area (Å²) < 4.78 is 5.09. The predicted molar refractivity (Wildman–Crippen MR) is 68.4 cm³/mol. The molecule has 0 aliphatic heterocycles. The highest BCUT2D eigenvalue weighted by atomic mass is 35.5. The van der Waals surface area contributed by atoms with Crippen molar-refractivity contribution in [3.63, 3.8) is 0 Å². The molecule has 0 heterocycles. The molecule has 0 unspecified atom stereocenters. The Bertz CT molecular complexity index is 477. The lowest BCUT2D eigenvalue weighted by Gasteiger charge is -2.17. The molecule has 0 aromatic heterocycles. The zero-order chi connectivity index (χ0) is 13.7. The maximum atomic E-state index is 12.1. The molecule has 0 bridgehead atoms. The van der Waals surface area contributed by atoms with E-state index >= 15 is 0 Å². The van der Waals surface area contributed by atoms with Crippen LogP contribution < -0.4 is 10.5 Å². The van der Waals surface area contributed by atoms with Gasteiger partial charge in [-0.2, -0.15) is 0 Å². The summed E-state index contributed by atoms with van der Waals surface area (Å²) in [6, 6.07) is 4.70. The van der Waals surface area contributed by atoms with Crippen molar-refractivity contribution in [1.29, 1.82) is 0 Å². The van der Waals surface area contributed by atoms with Gasteiger partial charge in [0.15, 0.2) is 5.84 Å². The molecule has 1 aromatic rings. The molecular weight excluding hydrogens is 258 g/mol. The first kappa shape index (κ1) is 14.1. The molecule has 1 amide bonds. The SMILES string of the molecule is COc1cc(Cl)ccc1C(=O)N(C)CC(N)=NO. The van der Waals surface area contributed by atoms with Crippen molar-refractivity contribution in [2.24, 2.45) is 10.9 Å². The largest absolute Gasteiger partial charge is 0.496 e. The third-order valence-electron chi connectivity index (χ3n) is 2.27. The van der Waals surface area contributed by atoms with Crippen molar-refractivity contribution in [3.05, 3.63) is 28.8 Å². The molecule has 0 saturated carbocycles. The number of halogens is 1. The lowest BCUT2D eigenvalue weighted by molar-refractivity contribution is 0.0810. The fourth-order valence-corrected chi connectivity index (χ4v) is 1.56. The minimum Gasteiger partial charge on any atom is -0.496 e. The zero-order valence-electron chi connectivity index (χ0n) is 10.1. The number of oxime groups is 1. The van der Waals surface area contributed by atoms with Crippen LogP contribution in [0.5, 0.6) is 5.75 Å². The van der Waals surface area contributed by atoms with Crippen LogP contribution in [0.2, 0.25) is 5.02 Å². The van der Waals surface area contributed by atoms with Crippen LogP contribution in [0.15, 0.2) is 23.4 Å². The molecule has 7 heteroatoms. The number of likely N-dealkylation sites (N-methyl/N-ethyl adjacent to an activating group) is 1. The van der Waals surface area contributed by atoms with Crippen molar-refractivity contribution < 1.29 is 14.7 Å². The molecule has 6 nitrogen and oxygen atoms in total. The monoisotopic (exact) mass is 271 g/mol. The van der Waals surface area contributed by atoms with Crippen LogP contribution in [0.1, 0.15) is 10.4 Å². The van der Waals surface area contributed by atoms with Gasteiger partial charge in [-0.3, -0.25) is 4.79 Å². The molecule has 1 rings (SSSR count). The first-order valence-electron chi connectivity index (χ1n) is 5.05.